The van der Waals surface area contributed by atoms with Crippen molar-refractivity contribution in [1.29, 1.82) is 0 Å². The molecule has 5 heteroatoms. The van der Waals surface area contributed by atoms with Gasteiger partial charge in [-0.3, -0.25) is 4.99 Å². The predicted molar refractivity (Wildman–Crippen MR) is 93.1 cm³/mol. The van der Waals surface area contributed by atoms with E-state index in [1.165, 1.54) is 25.7 Å². The van der Waals surface area contributed by atoms with Crippen LogP contribution in [0.15, 0.2) is 29.3 Å². The highest BCUT2D eigenvalue weighted by atomic mass is 15.2. The van der Waals surface area contributed by atoms with Gasteiger partial charge in [0, 0.05) is 20.6 Å². The maximum absolute atomic E-state index is 4.66. The molecule has 1 aromatic carbocycles. The molecule has 0 aliphatic heterocycles. The van der Waals surface area contributed by atoms with Crippen LogP contribution in [-0.2, 0) is 13.6 Å². The van der Waals surface area contributed by atoms with E-state index in [1.54, 1.807) is 7.05 Å². The minimum Gasteiger partial charge on any atom is -0.356 e. The average molecular weight is 301 g/mol. The lowest BCUT2D eigenvalue weighted by Gasteiger charge is -2.11. The van der Waals surface area contributed by atoms with Crippen LogP contribution < -0.4 is 10.6 Å². The zero-order valence-electron chi connectivity index (χ0n) is 13.9. The summed E-state index contributed by atoms with van der Waals surface area (Å²) in [4.78, 5) is 8.92. The van der Waals surface area contributed by atoms with Gasteiger partial charge in [-0.25, -0.2) is 4.98 Å². The quantitative estimate of drug-likeness (QED) is 0.470. The Balaban J connectivity index is 1.85. The van der Waals surface area contributed by atoms with Crippen molar-refractivity contribution >= 4 is 17.0 Å². The molecule has 5 nitrogen and oxygen atoms in total. The van der Waals surface area contributed by atoms with Gasteiger partial charge in [-0.15, -0.1) is 0 Å². The van der Waals surface area contributed by atoms with Crippen molar-refractivity contribution < 1.29 is 0 Å². The fraction of sp³-hybridized carbons (Fsp3) is 0.529. The third-order valence-corrected chi connectivity index (χ3v) is 3.84. The van der Waals surface area contributed by atoms with Gasteiger partial charge >= 0.3 is 0 Å². The van der Waals surface area contributed by atoms with Gasteiger partial charge in [0.2, 0.25) is 0 Å². The minimum absolute atomic E-state index is 0.666. The number of para-hydroxylation sites is 2. The predicted octanol–water partition coefficient (Wildman–Crippen LogP) is 2.82. The summed E-state index contributed by atoms with van der Waals surface area (Å²) in [5.41, 5.74) is 2.19. The molecule has 0 aliphatic rings. The lowest BCUT2D eigenvalue weighted by Crippen LogP contribution is -2.37. The van der Waals surface area contributed by atoms with Crippen LogP contribution in [0, 0.1) is 0 Å². The Kier molecular flexibility index (Phi) is 6.25. The highest BCUT2D eigenvalue weighted by Crippen LogP contribution is 2.13. The number of benzene rings is 1. The van der Waals surface area contributed by atoms with E-state index in [1.807, 2.05) is 25.2 Å². The van der Waals surface area contributed by atoms with Gasteiger partial charge in [0.15, 0.2) is 5.96 Å². The molecule has 1 heterocycles. The van der Waals surface area contributed by atoms with E-state index in [0.29, 0.717) is 6.54 Å². The number of hydrogen-bond donors (Lipinski definition) is 2. The summed E-state index contributed by atoms with van der Waals surface area (Å²) in [7, 11) is 3.85. The molecule has 0 saturated heterocycles. The van der Waals surface area contributed by atoms with Crippen LogP contribution in [0.5, 0.6) is 0 Å². The van der Waals surface area contributed by atoms with Gasteiger partial charge in [-0.2, -0.15) is 0 Å². The molecule has 0 bridgehead atoms. The van der Waals surface area contributed by atoms with E-state index in [0.717, 1.165) is 29.4 Å². The van der Waals surface area contributed by atoms with Crippen LogP contribution >= 0.6 is 0 Å². The summed E-state index contributed by atoms with van der Waals surface area (Å²) < 4.78 is 2.12. The molecular weight excluding hydrogens is 274 g/mol. The molecule has 22 heavy (non-hydrogen) atoms. The Bertz CT molecular complexity index is 615. The van der Waals surface area contributed by atoms with Crippen molar-refractivity contribution in [3.63, 3.8) is 0 Å². The van der Waals surface area contributed by atoms with Gasteiger partial charge in [0.05, 0.1) is 17.6 Å². The van der Waals surface area contributed by atoms with Crippen molar-refractivity contribution in [3.05, 3.63) is 30.1 Å². The molecule has 0 saturated carbocycles. The van der Waals surface area contributed by atoms with Crippen LogP contribution in [0.4, 0.5) is 0 Å². The Morgan fingerprint density at radius 2 is 2.00 bits per heavy atom. The Morgan fingerprint density at radius 1 is 1.18 bits per heavy atom. The van der Waals surface area contributed by atoms with E-state index >= 15 is 0 Å². The van der Waals surface area contributed by atoms with Gasteiger partial charge in [-0.05, 0) is 18.6 Å². The first kappa shape index (κ1) is 16.3. The Hall–Kier alpha value is -2.04. The van der Waals surface area contributed by atoms with Crippen LogP contribution in [0.2, 0.25) is 0 Å². The molecule has 0 fully saturated rings. The van der Waals surface area contributed by atoms with Crippen LogP contribution in [-0.4, -0.2) is 29.1 Å². The second kappa shape index (κ2) is 8.41. The molecule has 0 atom stereocenters. The maximum Gasteiger partial charge on any atom is 0.191 e. The molecule has 2 rings (SSSR count). The molecule has 0 unspecified atom stereocenters. The van der Waals surface area contributed by atoms with Crippen molar-refractivity contribution in [2.75, 3.05) is 13.6 Å². The largest absolute Gasteiger partial charge is 0.356 e. The number of imidazole rings is 1. The van der Waals surface area contributed by atoms with Crippen molar-refractivity contribution in [2.24, 2.45) is 12.0 Å². The third kappa shape index (κ3) is 4.23. The Morgan fingerprint density at radius 3 is 2.73 bits per heavy atom. The Labute approximate surface area is 132 Å². The fourth-order valence-corrected chi connectivity index (χ4v) is 2.50. The van der Waals surface area contributed by atoms with E-state index in [2.05, 4.69) is 38.2 Å². The van der Waals surface area contributed by atoms with E-state index < -0.39 is 0 Å². The summed E-state index contributed by atoms with van der Waals surface area (Å²) in [6.07, 6.45) is 5.01. The molecule has 120 valence electrons. The van der Waals surface area contributed by atoms with E-state index in [-0.39, 0.29) is 0 Å². The van der Waals surface area contributed by atoms with Crippen LogP contribution in [0.1, 0.15) is 38.4 Å². The number of guanidine groups is 1. The van der Waals surface area contributed by atoms with Gasteiger partial charge in [-0.1, -0.05) is 38.3 Å². The number of aliphatic imine (C=N–C) groups is 1. The molecule has 0 spiro atoms. The number of nitrogens with zero attached hydrogens (tertiary/aromatic N) is 3. The van der Waals surface area contributed by atoms with E-state index in [4.69, 9.17) is 0 Å². The number of aryl methyl sites for hydroxylation is 1. The number of nitrogens with one attached hydrogen (secondary N) is 2. The SMILES string of the molecule is CCCCCCNC(=NC)NCc1nc2ccccc2n1C. The van der Waals surface area contributed by atoms with E-state index in [9.17, 15) is 0 Å². The van der Waals surface area contributed by atoms with Gasteiger partial charge < -0.3 is 15.2 Å². The molecule has 2 N–H and O–H groups in total. The van der Waals surface area contributed by atoms with Gasteiger partial charge in [0.25, 0.3) is 0 Å². The van der Waals surface area contributed by atoms with Crippen molar-refractivity contribution in [1.82, 2.24) is 20.2 Å². The number of unbranched alkanes of at least 4 members (excludes halogenated alkanes) is 3. The van der Waals surface area contributed by atoms with Crippen molar-refractivity contribution in [3.8, 4) is 0 Å². The lowest BCUT2D eigenvalue weighted by atomic mass is 10.2. The first-order valence-electron chi connectivity index (χ1n) is 8.11. The summed E-state index contributed by atoms with van der Waals surface area (Å²) in [6.45, 7) is 3.85. The fourth-order valence-electron chi connectivity index (χ4n) is 2.50. The number of hydrogen-bond acceptors (Lipinski definition) is 2. The molecule has 2 aromatic rings. The summed E-state index contributed by atoms with van der Waals surface area (Å²) in [5.74, 6) is 1.85. The highest BCUT2D eigenvalue weighted by molar-refractivity contribution is 5.80. The second-order valence-corrected chi connectivity index (χ2v) is 5.49. The molecule has 0 aliphatic carbocycles. The van der Waals surface area contributed by atoms with Gasteiger partial charge in [0.1, 0.15) is 5.82 Å². The third-order valence-electron chi connectivity index (χ3n) is 3.84. The molecule has 0 amide bonds. The number of rotatable bonds is 7. The highest BCUT2D eigenvalue weighted by Gasteiger charge is 2.07. The molecule has 0 radical (unpaired) electrons. The first-order valence-corrected chi connectivity index (χ1v) is 8.11. The standard InChI is InChI=1S/C17H27N5/c1-4-5-6-9-12-19-17(18-2)20-13-16-21-14-10-7-8-11-15(14)22(16)3/h7-8,10-11H,4-6,9,12-13H2,1-3H3,(H2,18,19,20). The smallest absolute Gasteiger partial charge is 0.191 e. The normalized spacial score (nSPS) is 11.9. The van der Waals surface area contributed by atoms with Crippen molar-refractivity contribution in [2.45, 2.75) is 39.2 Å². The number of aromatic nitrogens is 2. The van der Waals surface area contributed by atoms with Crippen LogP contribution in [0.3, 0.4) is 0 Å². The second-order valence-electron chi connectivity index (χ2n) is 5.49. The summed E-state index contributed by atoms with van der Waals surface area (Å²) in [6, 6.07) is 8.19. The molecular formula is C17H27N5. The molecule has 1 aromatic heterocycles. The average Bonchev–Trinajstić information content (AvgIpc) is 2.87. The maximum atomic E-state index is 4.66. The topological polar surface area (TPSA) is 54.2 Å². The minimum atomic E-state index is 0.666. The zero-order valence-corrected chi connectivity index (χ0v) is 13.9. The summed E-state index contributed by atoms with van der Waals surface area (Å²) >= 11 is 0. The zero-order chi connectivity index (χ0) is 15.8. The first-order chi connectivity index (χ1) is 10.8. The monoisotopic (exact) mass is 301 g/mol. The summed E-state index contributed by atoms with van der Waals surface area (Å²) in [5, 5.41) is 6.69. The lowest BCUT2D eigenvalue weighted by molar-refractivity contribution is 0.644. The number of fused-ring (bicyclic) bond motifs is 1. The van der Waals surface area contributed by atoms with Crippen LogP contribution in [0.25, 0.3) is 11.0 Å².